The number of unbranched alkanes of at least 4 members (excludes halogenated alkanes) is 3. The van der Waals surface area contributed by atoms with Crippen LogP contribution in [0, 0.1) is 34.9 Å². The van der Waals surface area contributed by atoms with Crippen molar-refractivity contribution in [3.05, 3.63) is 175 Å². The molecule has 9 N–H and O–H groups in total. The van der Waals surface area contributed by atoms with Gasteiger partial charge in [-0.25, -0.2) is 80.1 Å². The van der Waals surface area contributed by atoms with Crippen LogP contribution in [0.15, 0.2) is 111 Å². The summed E-state index contributed by atoms with van der Waals surface area (Å²) in [7, 11) is -9.96. The molecule has 0 radical (unpaired) electrons. The molecular weight excluding hydrogens is 1480 g/mol. The van der Waals surface area contributed by atoms with E-state index in [0.29, 0.717) is 57.6 Å². The topological polar surface area (TPSA) is 389 Å². The van der Waals surface area contributed by atoms with Crippen LogP contribution in [0.25, 0.3) is 44.2 Å². The molecule has 0 spiro atoms. The number of halogens is 9. The van der Waals surface area contributed by atoms with E-state index in [1.165, 1.54) is 55.0 Å². The smallest absolute Gasteiger partial charge is 0.238 e. The number of nitrogens with one attached hydrogen (secondary N) is 5. The second-order valence-corrected chi connectivity index (χ2v) is 30.0. The van der Waals surface area contributed by atoms with Crippen molar-refractivity contribution in [1.82, 2.24) is 45.5 Å². The first-order valence-corrected chi connectivity index (χ1v) is 36.3. The SMILES string of the molecule is CCCCS(=O)(=O)Cl.CCCCS(=O)(=O)Nc1ccc(F)c(C(=O)c2[nH]nc3ncc(-c4ccc(S(N)(=O)=O)cc4)cc23)c1F.CCCCS(=O)(=O)Nc1ccc(F)c(C(=O)c2[nH]nc3ncc(Br)cc23)c1F.Nc1ccc(F)c(C(=O)c2[nH]nc3ncc(Br)cc23)c1F. The van der Waals surface area contributed by atoms with Gasteiger partial charge in [-0.15, -0.1) is 0 Å². The largest absolute Gasteiger partial charge is 0.396 e. The molecule has 0 atom stereocenters. The number of fused-ring (bicyclic) bond motifs is 3. The summed E-state index contributed by atoms with van der Waals surface area (Å²) < 4.78 is 184. The van der Waals surface area contributed by atoms with E-state index in [4.69, 9.17) is 21.6 Å². The van der Waals surface area contributed by atoms with Gasteiger partial charge in [0.2, 0.25) is 56.5 Å². The molecular formula is C57H52Br2ClF6N13O11S4. The average Bonchev–Trinajstić information content (AvgIpc) is 1.52. The minimum atomic E-state index is -3.91. The van der Waals surface area contributed by atoms with E-state index in [2.05, 4.69) is 86.8 Å². The Hall–Kier alpha value is -8.26. The van der Waals surface area contributed by atoms with Crippen LogP contribution in [0.3, 0.4) is 0 Å². The fourth-order valence-electron chi connectivity index (χ4n) is 8.42. The first kappa shape index (κ1) is 73.2. The lowest BCUT2D eigenvalue weighted by molar-refractivity contribution is 0.101. The zero-order valence-corrected chi connectivity index (χ0v) is 56.2. The Balaban J connectivity index is 0.000000194. The van der Waals surface area contributed by atoms with Gasteiger partial charge in [-0.2, -0.15) is 15.3 Å². The Kier molecular flexibility index (Phi) is 24.0. The number of benzene rings is 4. The summed E-state index contributed by atoms with van der Waals surface area (Å²) in [6.45, 7) is 5.52. The summed E-state index contributed by atoms with van der Waals surface area (Å²) in [6.07, 6.45) is 7.86. The van der Waals surface area contributed by atoms with Gasteiger partial charge in [0.25, 0.3) is 0 Å². The minimum absolute atomic E-state index is 0.0535. The van der Waals surface area contributed by atoms with Crippen molar-refractivity contribution in [3.63, 3.8) is 0 Å². The molecule has 498 valence electrons. The van der Waals surface area contributed by atoms with Gasteiger partial charge in [-0.05, 0) is 123 Å². The van der Waals surface area contributed by atoms with Crippen LogP contribution in [-0.2, 0) is 39.1 Å². The van der Waals surface area contributed by atoms with Gasteiger partial charge in [0.05, 0.1) is 72.1 Å². The number of primary sulfonamides is 1. The molecule has 0 unspecified atom stereocenters. The van der Waals surface area contributed by atoms with Gasteiger partial charge >= 0.3 is 0 Å². The number of pyridine rings is 3. The number of nitrogens with zero attached hydrogens (tertiary/aromatic N) is 6. The van der Waals surface area contributed by atoms with Crippen molar-refractivity contribution in [3.8, 4) is 11.1 Å². The van der Waals surface area contributed by atoms with E-state index in [0.717, 1.165) is 42.8 Å². The lowest BCUT2D eigenvalue weighted by Gasteiger charge is -2.11. The van der Waals surface area contributed by atoms with Gasteiger partial charge in [0.15, 0.2) is 34.4 Å². The van der Waals surface area contributed by atoms with Crippen LogP contribution in [-0.4, -0.2) is 114 Å². The summed E-state index contributed by atoms with van der Waals surface area (Å²) >= 11 is 6.42. The van der Waals surface area contributed by atoms with Gasteiger partial charge in [0, 0.05) is 43.8 Å². The highest BCUT2D eigenvalue weighted by Crippen LogP contribution is 2.32. The molecule has 0 amide bonds. The van der Waals surface area contributed by atoms with Gasteiger partial charge < -0.3 is 5.73 Å². The number of nitrogens with two attached hydrogens (primary N) is 2. The highest BCUT2D eigenvalue weighted by atomic mass is 79.9. The van der Waals surface area contributed by atoms with Crippen LogP contribution in [0.4, 0.5) is 43.4 Å². The summed E-state index contributed by atoms with van der Waals surface area (Å²) in [5, 5.41) is 24.8. The Morgan fingerprint density at radius 1 is 0.500 bits per heavy atom. The number of sulfonamides is 3. The van der Waals surface area contributed by atoms with Crippen LogP contribution in [0.1, 0.15) is 107 Å². The molecule has 0 aliphatic carbocycles. The molecule has 0 saturated heterocycles. The lowest BCUT2D eigenvalue weighted by atomic mass is 10.0. The maximum Gasteiger partial charge on any atom is 0.238 e. The van der Waals surface area contributed by atoms with Gasteiger partial charge in [-0.1, -0.05) is 52.2 Å². The molecule has 24 nitrogen and oxygen atoms in total. The number of ketones is 3. The van der Waals surface area contributed by atoms with Crippen LogP contribution >= 0.6 is 42.5 Å². The molecule has 6 aromatic heterocycles. The monoisotopic (exact) mass is 1530 g/mol. The Morgan fingerprint density at radius 3 is 1.23 bits per heavy atom. The summed E-state index contributed by atoms with van der Waals surface area (Å²) in [6, 6.07) is 15.7. The predicted molar refractivity (Wildman–Crippen MR) is 347 cm³/mol. The van der Waals surface area contributed by atoms with Gasteiger partial charge in [-0.3, -0.25) is 39.1 Å². The summed E-state index contributed by atoms with van der Waals surface area (Å²) in [5.74, 6) is -10.4. The standard InChI is InChI=1S/C23H21F2N5O5S2.C17H15BrF2N4O3S.C13H7BrF2N4O.C4H9ClO2S/c1-2-3-10-36(32,33)30-18-9-8-17(24)19(20(18)25)22(31)21-16-11-14(12-27-23(16)29-28-21)13-4-6-15(7-5-13)37(26,34)35;1-2-3-6-28(26,27)24-12-5-4-11(19)13(14(12)20)16(25)15-10-7-9(18)8-21-17(10)23-22-15;14-5-3-6-11(19-20-13(6)18-4-5)12(21)9-7(15)1-2-8(17)10(9)16;1-2-3-4-8(5,6)7/h4-9,11-12,30H,2-3,10H2,1H3,(H2,26,34,35)(H,27,28,29);4-5,7-8,24H,2-3,6H2,1H3,(H,21,22,23);1-4H,17H2,(H,18,19,20);2-4H2,1H3. The molecule has 4 aromatic carbocycles. The number of hydrogen-bond donors (Lipinski definition) is 7. The highest BCUT2D eigenvalue weighted by Gasteiger charge is 2.30. The third kappa shape index (κ3) is 18.1. The van der Waals surface area contributed by atoms with Crippen molar-refractivity contribution < 1.29 is 74.4 Å². The van der Waals surface area contributed by atoms with Crippen LogP contribution < -0.4 is 20.3 Å². The van der Waals surface area contributed by atoms with Gasteiger partial charge in [0.1, 0.15) is 34.5 Å². The van der Waals surface area contributed by atoms with Crippen molar-refractivity contribution in [2.24, 2.45) is 5.14 Å². The molecule has 0 aliphatic heterocycles. The summed E-state index contributed by atoms with van der Waals surface area (Å²) in [4.78, 5) is 50.4. The number of nitrogen functional groups attached to an aromatic ring is 1. The number of aromatic nitrogens is 9. The Labute approximate surface area is 553 Å². The van der Waals surface area contributed by atoms with Crippen molar-refractivity contribution in [1.29, 1.82) is 0 Å². The number of carbonyl (C=O) groups excluding carboxylic acids is 3. The number of anilines is 3. The Bertz CT molecular complexity index is 5020. The normalized spacial score (nSPS) is 11.7. The van der Waals surface area contributed by atoms with E-state index in [1.54, 1.807) is 13.0 Å². The third-order valence-corrected chi connectivity index (χ3v) is 18.9. The van der Waals surface area contributed by atoms with E-state index >= 15 is 4.39 Å². The van der Waals surface area contributed by atoms with Crippen molar-refractivity contribution >= 4 is 149 Å². The number of carbonyl (C=O) groups is 3. The van der Waals surface area contributed by atoms with Crippen molar-refractivity contribution in [2.45, 2.75) is 64.2 Å². The molecule has 0 fully saturated rings. The number of hydrogen-bond acceptors (Lipinski definition) is 18. The fourth-order valence-corrected chi connectivity index (χ4v) is 13.1. The van der Waals surface area contributed by atoms with E-state index in [9.17, 15) is 70.0 Å². The third-order valence-electron chi connectivity index (χ3n) is 13.1. The first-order chi connectivity index (χ1) is 44.2. The molecule has 0 bridgehead atoms. The lowest BCUT2D eigenvalue weighted by Crippen LogP contribution is -2.19. The zero-order valence-electron chi connectivity index (χ0n) is 49.0. The van der Waals surface area contributed by atoms with E-state index < -0.39 is 119 Å². The minimum Gasteiger partial charge on any atom is -0.396 e. The molecule has 6 heterocycles. The molecule has 37 heteroatoms. The predicted octanol–water partition coefficient (Wildman–Crippen LogP) is 11.3. The molecule has 94 heavy (non-hydrogen) atoms. The molecule has 10 rings (SSSR count). The Morgan fingerprint density at radius 2 is 0.862 bits per heavy atom. The molecule has 0 aliphatic rings. The van der Waals surface area contributed by atoms with Crippen LogP contribution in [0.2, 0.25) is 0 Å². The van der Waals surface area contributed by atoms with E-state index in [1.807, 2.05) is 13.8 Å². The molecule has 0 saturated carbocycles. The number of rotatable bonds is 21. The molecule has 10 aromatic rings. The highest BCUT2D eigenvalue weighted by molar-refractivity contribution is 9.10. The number of aromatic amines is 3. The quantitative estimate of drug-likeness (QED) is 0.0152. The van der Waals surface area contributed by atoms with Crippen molar-refractivity contribution in [2.75, 3.05) is 32.4 Å². The second-order valence-electron chi connectivity index (χ2n) is 20.0. The zero-order chi connectivity index (χ0) is 69.2. The number of H-pyrrole nitrogens is 3. The maximum atomic E-state index is 15.2. The average molecular weight is 1530 g/mol. The first-order valence-electron chi connectivity index (χ1n) is 27.4. The second kappa shape index (κ2) is 30.9. The maximum absolute atomic E-state index is 15.2. The van der Waals surface area contributed by atoms with Crippen LogP contribution in [0.5, 0.6) is 0 Å². The van der Waals surface area contributed by atoms with E-state index in [-0.39, 0.29) is 72.6 Å². The summed E-state index contributed by atoms with van der Waals surface area (Å²) in [5.41, 5.74) is 2.51. The fraction of sp³-hybridized carbons (Fsp3) is 0.211.